The van der Waals surface area contributed by atoms with Gasteiger partial charge in [-0.2, -0.15) is 0 Å². The number of esters is 1. The van der Waals surface area contributed by atoms with E-state index in [4.69, 9.17) is 9.47 Å². The highest BCUT2D eigenvalue weighted by Crippen LogP contribution is 2.25. The average molecular weight is 261 g/mol. The Labute approximate surface area is 110 Å². The number of nitrogens with zero attached hydrogens (tertiary/aromatic N) is 1. The van der Waals surface area contributed by atoms with Crippen LogP contribution in [-0.4, -0.2) is 36.8 Å². The number of H-pyrrole nitrogens is 1. The molecule has 1 N–H and O–H groups in total. The van der Waals surface area contributed by atoms with Crippen LogP contribution in [0.25, 0.3) is 6.08 Å². The number of carbonyl (C=O) groups excluding carboxylic acids is 2. The Balaban J connectivity index is 2.35. The Kier molecular flexibility index (Phi) is 3.79. The van der Waals surface area contributed by atoms with E-state index in [-0.39, 0.29) is 0 Å². The van der Waals surface area contributed by atoms with Crippen molar-refractivity contribution in [1.29, 1.82) is 0 Å². The van der Waals surface area contributed by atoms with Gasteiger partial charge < -0.3 is 14.5 Å². The van der Waals surface area contributed by atoms with Crippen LogP contribution in [-0.2, 0) is 14.3 Å². The molecule has 0 bridgehead atoms. The van der Waals surface area contributed by atoms with E-state index >= 15 is 0 Å². The Morgan fingerprint density at radius 3 is 2.95 bits per heavy atom. The molecule has 1 aromatic heterocycles. The number of rotatable bonds is 4. The van der Waals surface area contributed by atoms with Gasteiger partial charge in [-0.25, -0.2) is 9.79 Å². The Morgan fingerprint density at radius 2 is 2.32 bits per heavy atom. The Hall–Kier alpha value is -2.37. The van der Waals surface area contributed by atoms with Gasteiger partial charge in [-0.3, -0.25) is 4.79 Å². The SMILES string of the molecule is CCOC(=O)c1cc2c([nH]1)[CH]C(=NC=O)C(OC)=C2. The second-order valence-electron chi connectivity index (χ2n) is 3.75. The maximum Gasteiger partial charge on any atom is 0.354 e. The number of methoxy groups -OCH3 is 1. The van der Waals surface area contributed by atoms with E-state index in [0.29, 0.717) is 35.9 Å². The standard InChI is InChI=1S/C13H13N2O4/c1-3-19-13(17)11-4-8-5-12(18-2)10(14-7-16)6-9(8)15-11/h4-7,15H,3H2,1-2H3. The lowest BCUT2D eigenvalue weighted by Gasteiger charge is -2.13. The number of hydrogen-bond acceptors (Lipinski definition) is 4. The van der Waals surface area contributed by atoms with Crippen molar-refractivity contribution in [3.05, 3.63) is 35.2 Å². The molecule has 1 aromatic rings. The highest BCUT2D eigenvalue weighted by atomic mass is 16.5. The van der Waals surface area contributed by atoms with Crippen LogP contribution in [0.15, 0.2) is 16.8 Å². The minimum absolute atomic E-state index is 0.309. The predicted octanol–water partition coefficient (Wildman–Crippen LogP) is 1.34. The van der Waals surface area contributed by atoms with Crippen LogP contribution >= 0.6 is 0 Å². The zero-order valence-corrected chi connectivity index (χ0v) is 10.6. The summed E-state index contributed by atoms with van der Waals surface area (Å²) in [5.74, 6) is 0.0422. The average Bonchev–Trinajstić information content (AvgIpc) is 2.81. The Morgan fingerprint density at radius 1 is 1.53 bits per heavy atom. The van der Waals surface area contributed by atoms with Crippen molar-refractivity contribution >= 4 is 24.2 Å². The first kappa shape index (κ1) is 13.1. The largest absolute Gasteiger partial charge is 0.495 e. The van der Waals surface area contributed by atoms with E-state index in [1.165, 1.54) is 7.11 Å². The van der Waals surface area contributed by atoms with Crippen LogP contribution < -0.4 is 0 Å². The molecule has 0 saturated heterocycles. The van der Waals surface area contributed by atoms with E-state index in [1.807, 2.05) is 0 Å². The van der Waals surface area contributed by atoms with Gasteiger partial charge in [0.15, 0.2) is 0 Å². The number of aliphatic imine (C=N–C) groups is 1. The molecule has 1 aliphatic carbocycles. The summed E-state index contributed by atoms with van der Waals surface area (Å²) in [6.07, 6.45) is 3.79. The summed E-state index contributed by atoms with van der Waals surface area (Å²) in [5.41, 5.74) is 2.22. The third kappa shape index (κ3) is 2.57. The summed E-state index contributed by atoms with van der Waals surface area (Å²) >= 11 is 0. The summed E-state index contributed by atoms with van der Waals surface area (Å²) in [6.45, 7) is 2.05. The molecule has 99 valence electrons. The summed E-state index contributed by atoms with van der Waals surface area (Å²) in [7, 11) is 1.49. The first-order chi connectivity index (χ1) is 9.19. The molecule has 0 atom stereocenters. The molecule has 0 fully saturated rings. The number of amides is 1. The van der Waals surface area contributed by atoms with Gasteiger partial charge >= 0.3 is 5.97 Å². The number of carbonyl (C=O) groups is 2. The molecule has 2 rings (SSSR count). The van der Waals surface area contributed by atoms with Crippen LogP contribution in [0.4, 0.5) is 0 Å². The van der Waals surface area contributed by atoms with Gasteiger partial charge in [0.05, 0.1) is 25.8 Å². The highest BCUT2D eigenvalue weighted by molar-refractivity contribution is 6.14. The molecule has 0 unspecified atom stereocenters. The normalized spacial score (nSPS) is 15.7. The quantitative estimate of drug-likeness (QED) is 0.655. The first-order valence-electron chi connectivity index (χ1n) is 5.72. The van der Waals surface area contributed by atoms with Crippen LogP contribution in [0.5, 0.6) is 0 Å². The molecular weight excluding hydrogens is 248 g/mol. The van der Waals surface area contributed by atoms with Crippen molar-refractivity contribution < 1.29 is 19.1 Å². The van der Waals surface area contributed by atoms with Gasteiger partial charge in [-0.15, -0.1) is 0 Å². The zero-order valence-electron chi connectivity index (χ0n) is 10.6. The number of fused-ring (bicyclic) bond motifs is 1. The van der Waals surface area contributed by atoms with E-state index in [9.17, 15) is 9.59 Å². The topological polar surface area (TPSA) is 80.8 Å². The maximum atomic E-state index is 11.6. The molecule has 0 aromatic carbocycles. The lowest BCUT2D eigenvalue weighted by molar-refractivity contribution is -0.106. The van der Waals surface area contributed by atoms with Gasteiger partial charge in [0.2, 0.25) is 6.41 Å². The fourth-order valence-electron chi connectivity index (χ4n) is 1.79. The third-order valence-electron chi connectivity index (χ3n) is 2.61. The van der Waals surface area contributed by atoms with Gasteiger partial charge in [-0.1, -0.05) is 0 Å². The molecule has 0 aliphatic heterocycles. The third-order valence-corrected chi connectivity index (χ3v) is 2.61. The number of aromatic nitrogens is 1. The molecule has 1 radical (unpaired) electrons. The summed E-state index contributed by atoms with van der Waals surface area (Å²) < 4.78 is 10.1. The van der Waals surface area contributed by atoms with Crippen LogP contribution in [0.3, 0.4) is 0 Å². The molecule has 6 nitrogen and oxygen atoms in total. The minimum atomic E-state index is -0.424. The molecule has 1 heterocycles. The minimum Gasteiger partial charge on any atom is -0.495 e. The molecule has 0 spiro atoms. The second-order valence-corrected chi connectivity index (χ2v) is 3.75. The number of aromatic amines is 1. The molecule has 0 saturated carbocycles. The van der Waals surface area contributed by atoms with Crippen LogP contribution in [0, 0.1) is 6.42 Å². The number of allylic oxidation sites excluding steroid dienone is 1. The van der Waals surface area contributed by atoms with Crippen molar-refractivity contribution in [2.75, 3.05) is 13.7 Å². The monoisotopic (exact) mass is 261 g/mol. The number of ether oxygens (including phenoxy) is 2. The smallest absolute Gasteiger partial charge is 0.354 e. The fraction of sp³-hybridized carbons (Fsp3) is 0.231. The predicted molar refractivity (Wildman–Crippen MR) is 68.6 cm³/mol. The molecule has 1 aliphatic rings. The molecule has 1 amide bonds. The van der Waals surface area contributed by atoms with Gasteiger partial charge in [0.25, 0.3) is 0 Å². The first-order valence-corrected chi connectivity index (χ1v) is 5.72. The number of hydrogen-bond donors (Lipinski definition) is 1. The lowest BCUT2D eigenvalue weighted by atomic mass is 10.0. The summed E-state index contributed by atoms with van der Waals surface area (Å²) in [6, 6.07) is 1.67. The van der Waals surface area contributed by atoms with E-state index in [0.717, 1.165) is 5.56 Å². The van der Waals surface area contributed by atoms with Crippen LogP contribution in [0.1, 0.15) is 28.7 Å². The Bertz CT molecular complexity index is 569. The van der Waals surface area contributed by atoms with Gasteiger partial charge in [0.1, 0.15) is 11.5 Å². The fourth-order valence-corrected chi connectivity index (χ4v) is 1.79. The molecule has 6 heteroatoms. The van der Waals surface area contributed by atoms with E-state index in [1.54, 1.807) is 25.5 Å². The van der Waals surface area contributed by atoms with Crippen molar-refractivity contribution in [2.24, 2.45) is 4.99 Å². The molecular formula is C13H13N2O4. The maximum absolute atomic E-state index is 11.6. The van der Waals surface area contributed by atoms with Crippen molar-refractivity contribution in [2.45, 2.75) is 6.92 Å². The summed E-state index contributed by atoms with van der Waals surface area (Å²) in [4.78, 5) is 28.7. The summed E-state index contributed by atoms with van der Waals surface area (Å²) in [5, 5.41) is 0. The van der Waals surface area contributed by atoms with Gasteiger partial charge in [0, 0.05) is 11.3 Å². The van der Waals surface area contributed by atoms with Crippen molar-refractivity contribution in [3.8, 4) is 0 Å². The van der Waals surface area contributed by atoms with Crippen molar-refractivity contribution in [3.63, 3.8) is 0 Å². The second kappa shape index (κ2) is 5.51. The molecule has 19 heavy (non-hydrogen) atoms. The highest BCUT2D eigenvalue weighted by Gasteiger charge is 2.22. The van der Waals surface area contributed by atoms with Gasteiger partial charge in [-0.05, 0) is 19.1 Å². The zero-order chi connectivity index (χ0) is 13.8. The number of nitrogens with one attached hydrogen (secondary N) is 1. The van der Waals surface area contributed by atoms with Crippen LogP contribution in [0.2, 0.25) is 0 Å². The lowest BCUT2D eigenvalue weighted by Crippen LogP contribution is -2.12. The van der Waals surface area contributed by atoms with E-state index < -0.39 is 5.97 Å². The van der Waals surface area contributed by atoms with Crippen molar-refractivity contribution in [1.82, 2.24) is 4.98 Å². The van der Waals surface area contributed by atoms with E-state index in [2.05, 4.69) is 9.98 Å².